The maximum Gasteiger partial charge on any atom is 0.317 e. The van der Waals surface area contributed by atoms with E-state index in [0.29, 0.717) is 0 Å². The number of nitrogens with zero attached hydrogens (tertiary/aromatic N) is 1. The summed E-state index contributed by atoms with van der Waals surface area (Å²) in [6.45, 7) is 9.44. The van der Waals surface area contributed by atoms with Crippen LogP contribution in [0.4, 0.5) is 5.69 Å². The minimum absolute atomic E-state index is 0.0448. The van der Waals surface area contributed by atoms with Crippen LogP contribution >= 0.6 is 0 Å². The molecule has 116 valence electrons. The molecule has 0 aromatic heterocycles. The standard InChI is InChI=1S/C16H24N2O3/c1-11-6-7-12(2)13(8-11)17-14(19)9-18(10-15(20)21)16(3,4)5/h6-8H,9-10H2,1-5H3,(H,17,19)(H,20,21). The van der Waals surface area contributed by atoms with Crippen LogP contribution in [0.2, 0.25) is 0 Å². The van der Waals surface area contributed by atoms with Crippen LogP contribution in [0.3, 0.4) is 0 Å². The molecule has 0 bridgehead atoms. The van der Waals surface area contributed by atoms with Crippen molar-refractivity contribution in [2.75, 3.05) is 18.4 Å². The van der Waals surface area contributed by atoms with Gasteiger partial charge >= 0.3 is 5.97 Å². The van der Waals surface area contributed by atoms with Gasteiger partial charge in [0.1, 0.15) is 0 Å². The molecule has 21 heavy (non-hydrogen) atoms. The number of carbonyl (C=O) groups is 2. The summed E-state index contributed by atoms with van der Waals surface area (Å²) in [6, 6.07) is 5.84. The van der Waals surface area contributed by atoms with Gasteiger partial charge in [-0.25, -0.2) is 0 Å². The first-order valence-corrected chi connectivity index (χ1v) is 6.93. The maximum absolute atomic E-state index is 12.2. The molecular formula is C16H24N2O3. The monoisotopic (exact) mass is 292 g/mol. The Kier molecular flexibility index (Phi) is 5.49. The Morgan fingerprint density at radius 2 is 1.81 bits per heavy atom. The third-order valence-corrected chi connectivity index (χ3v) is 3.28. The molecule has 1 rings (SSSR count). The van der Waals surface area contributed by atoms with Crippen LogP contribution in [0, 0.1) is 13.8 Å². The van der Waals surface area contributed by atoms with Gasteiger partial charge in [0, 0.05) is 11.2 Å². The van der Waals surface area contributed by atoms with Gasteiger partial charge in [-0.05, 0) is 51.8 Å². The molecule has 1 amide bonds. The lowest BCUT2D eigenvalue weighted by Crippen LogP contribution is -2.48. The van der Waals surface area contributed by atoms with Crippen LogP contribution in [0.5, 0.6) is 0 Å². The van der Waals surface area contributed by atoms with E-state index < -0.39 is 11.5 Å². The topological polar surface area (TPSA) is 69.6 Å². The van der Waals surface area contributed by atoms with E-state index in [1.54, 1.807) is 4.90 Å². The summed E-state index contributed by atoms with van der Waals surface area (Å²) >= 11 is 0. The molecule has 0 aliphatic carbocycles. The highest BCUT2D eigenvalue weighted by Crippen LogP contribution is 2.17. The van der Waals surface area contributed by atoms with Crippen molar-refractivity contribution in [3.05, 3.63) is 29.3 Å². The molecule has 0 heterocycles. The van der Waals surface area contributed by atoms with Crippen LogP contribution < -0.4 is 5.32 Å². The van der Waals surface area contributed by atoms with Gasteiger partial charge in [0.2, 0.25) is 5.91 Å². The molecule has 0 spiro atoms. The van der Waals surface area contributed by atoms with E-state index in [9.17, 15) is 9.59 Å². The van der Waals surface area contributed by atoms with E-state index >= 15 is 0 Å². The second-order valence-electron chi connectivity index (χ2n) is 6.29. The Labute approximate surface area is 126 Å². The van der Waals surface area contributed by atoms with Gasteiger partial charge in [-0.15, -0.1) is 0 Å². The zero-order chi connectivity index (χ0) is 16.2. The Morgan fingerprint density at radius 1 is 1.19 bits per heavy atom. The van der Waals surface area contributed by atoms with E-state index in [-0.39, 0.29) is 19.0 Å². The Balaban J connectivity index is 2.78. The van der Waals surface area contributed by atoms with E-state index in [0.717, 1.165) is 16.8 Å². The van der Waals surface area contributed by atoms with Crippen LogP contribution in [-0.2, 0) is 9.59 Å². The average molecular weight is 292 g/mol. The lowest BCUT2D eigenvalue weighted by Gasteiger charge is -2.33. The summed E-state index contributed by atoms with van der Waals surface area (Å²) in [5.74, 6) is -1.15. The molecule has 2 N–H and O–H groups in total. The molecule has 0 aliphatic rings. The van der Waals surface area contributed by atoms with Crippen LogP contribution in [-0.4, -0.2) is 40.5 Å². The van der Waals surface area contributed by atoms with E-state index in [4.69, 9.17) is 5.11 Å². The summed E-state index contributed by atoms with van der Waals surface area (Å²) in [6.07, 6.45) is 0. The molecule has 0 fully saturated rings. The van der Waals surface area contributed by atoms with Gasteiger partial charge in [0.05, 0.1) is 13.1 Å². The number of benzene rings is 1. The van der Waals surface area contributed by atoms with Crippen molar-refractivity contribution >= 4 is 17.6 Å². The van der Waals surface area contributed by atoms with Crippen molar-refractivity contribution in [3.63, 3.8) is 0 Å². The van der Waals surface area contributed by atoms with Gasteiger partial charge < -0.3 is 10.4 Å². The summed E-state index contributed by atoms with van der Waals surface area (Å²) in [4.78, 5) is 24.7. The number of amides is 1. The molecule has 5 heteroatoms. The SMILES string of the molecule is Cc1ccc(C)c(NC(=O)CN(CC(=O)O)C(C)(C)C)c1. The highest BCUT2D eigenvalue weighted by molar-refractivity contribution is 5.93. The lowest BCUT2D eigenvalue weighted by molar-refractivity contribution is -0.140. The smallest absolute Gasteiger partial charge is 0.317 e. The van der Waals surface area contributed by atoms with Gasteiger partial charge in [-0.3, -0.25) is 14.5 Å². The fraction of sp³-hybridized carbons (Fsp3) is 0.500. The number of anilines is 1. The number of aryl methyl sites for hydroxylation is 2. The number of hydrogen-bond donors (Lipinski definition) is 2. The van der Waals surface area contributed by atoms with Crippen molar-refractivity contribution < 1.29 is 14.7 Å². The Hall–Kier alpha value is -1.88. The number of carbonyl (C=O) groups excluding carboxylic acids is 1. The van der Waals surface area contributed by atoms with Gasteiger partial charge in [-0.2, -0.15) is 0 Å². The van der Waals surface area contributed by atoms with Gasteiger partial charge in [-0.1, -0.05) is 12.1 Å². The fourth-order valence-corrected chi connectivity index (χ4v) is 1.93. The Bertz CT molecular complexity index is 533. The van der Waals surface area contributed by atoms with Crippen molar-refractivity contribution in [1.29, 1.82) is 0 Å². The third kappa shape index (κ3) is 5.55. The molecule has 0 saturated heterocycles. The summed E-state index contributed by atoms with van der Waals surface area (Å²) in [5.41, 5.74) is 2.42. The molecular weight excluding hydrogens is 268 g/mol. The highest BCUT2D eigenvalue weighted by atomic mass is 16.4. The predicted octanol–water partition coefficient (Wildman–Crippen LogP) is 2.43. The second-order valence-corrected chi connectivity index (χ2v) is 6.29. The molecule has 0 atom stereocenters. The quantitative estimate of drug-likeness (QED) is 0.874. The molecule has 0 radical (unpaired) electrons. The van der Waals surface area contributed by atoms with Crippen LogP contribution in [0.25, 0.3) is 0 Å². The number of rotatable bonds is 5. The fourth-order valence-electron chi connectivity index (χ4n) is 1.93. The number of carboxylic acid groups (broad SMARTS) is 1. The van der Waals surface area contributed by atoms with Crippen molar-refractivity contribution in [2.24, 2.45) is 0 Å². The number of nitrogens with one attached hydrogen (secondary N) is 1. The maximum atomic E-state index is 12.2. The summed E-state index contributed by atoms with van der Waals surface area (Å²) in [7, 11) is 0. The third-order valence-electron chi connectivity index (χ3n) is 3.28. The number of aliphatic carboxylic acids is 1. The first-order chi connectivity index (χ1) is 9.59. The largest absolute Gasteiger partial charge is 0.480 e. The molecule has 0 aliphatic heterocycles. The molecule has 1 aromatic rings. The van der Waals surface area contributed by atoms with Crippen LogP contribution in [0.15, 0.2) is 18.2 Å². The first kappa shape index (κ1) is 17.2. The number of hydrogen-bond acceptors (Lipinski definition) is 3. The Morgan fingerprint density at radius 3 is 2.33 bits per heavy atom. The predicted molar refractivity (Wildman–Crippen MR) is 83.5 cm³/mol. The van der Waals surface area contributed by atoms with Crippen LogP contribution in [0.1, 0.15) is 31.9 Å². The zero-order valence-electron chi connectivity index (χ0n) is 13.4. The van der Waals surface area contributed by atoms with Crippen molar-refractivity contribution in [1.82, 2.24) is 4.90 Å². The zero-order valence-corrected chi connectivity index (χ0v) is 13.4. The number of carboxylic acids is 1. The minimum Gasteiger partial charge on any atom is -0.480 e. The first-order valence-electron chi connectivity index (χ1n) is 6.93. The average Bonchev–Trinajstić information content (AvgIpc) is 2.31. The molecule has 0 saturated carbocycles. The second kappa shape index (κ2) is 6.72. The highest BCUT2D eigenvalue weighted by Gasteiger charge is 2.25. The van der Waals surface area contributed by atoms with Gasteiger partial charge in [0.15, 0.2) is 0 Å². The molecule has 1 aromatic carbocycles. The van der Waals surface area contributed by atoms with E-state index in [1.165, 1.54) is 0 Å². The van der Waals surface area contributed by atoms with Gasteiger partial charge in [0.25, 0.3) is 0 Å². The minimum atomic E-state index is -0.940. The normalized spacial score (nSPS) is 11.5. The van der Waals surface area contributed by atoms with Crippen molar-refractivity contribution in [2.45, 2.75) is 40.2 Å². The molecule has 5 nitrogen and oxygen atoms in total. The lowest BCUT2D eigenvalue weighted by atomic mass is 10.1. The van der Waals surface area contributed by atoms with E-state index in [1.807, 2.05) is 52.8 Å². The summed E-state index contributed by atoms with van der Waals surface area (Å²) < 4.78 is 0. The molecule has 0 unspecified atom stereocenters. The summed E-state index contributed by atoms with van der Waals surface area (Å²) in [5, 5.41) is 11.8. The van der Waals surface area contributed by atoms with E-state index in [2.05, 4.69) is 5.32 Å². The van der Waals surface area contributed by atoms with Crippen molar-refractivity contribution in [3.8, 4) is 0 Å².